The van der Waals surface area contributed by atoms with Gasteiger partial charge in [0, 0.05) is 30.7 Å². The van der Waals surface area contributed by atoms with Gasteiger partial charge < -0.3 is 14.6 Å². The van der Waals surface area contributed by atoms with Gasteiger partial charge in [0.25, 0.3) is 5.91 Å². The molecule has 1 aliphatic heterocycles. The molecule has 0 fully saturated rings. The fourth-order valence-electron chi connectivity index (χ4n) is 3.47. The van der Waals surface area contributed by atoms with Crippen LogP contribution < -0.4 is 10.2 Å². The van der Waals surface area contributed by atoms with Gasteiger partial charge in [0.1, 0.15) is 5.76 Å². The van der Waals surface area contributed by atoms with Crippen LogP contribution in [-0.2, 0) is 19.5 Å². The average molecular weight is 347 g/mol. The van der Waals surface area contributed by atoms with Crippen LogP contribution in [0.4, 0.5) is 5.69 Å². The molecule has 3 heterocycles. The summed E-state index contributed by atoms with van der Waals surface area (Å²) in [7, 11) is 0. The normalized spacial score (nSPS) is 15.7. The molecule has 4 rings (SSSR count). The first kappa shape index (κ1) is 16.4. The second-order valence-corrected chi connectivity index (χ2v) is 6.61. The minimum Gasteiger partial charge on any atom is -0.467 e. The van der Waals surface area contributed by atoms with Crippen LogP contribution in [-0.4, -0.2) is 16.9 Å². The maximum absolute atomic E-state index is 12.6. The van der Waals surface area contributed by atoms with Gasteiger partial charge in [-0.1, -0.05) is 24.3 Å². The number of rotatable bonds is 5. The third-order valence-electron chi connectivity index (χ3n) is 4.83. The number of hydrogen-bond donors (Lipinski definition) is 1. The molecule has 0 saturated carbocycles. The van der Waals surface area contributed by atoms with E-state index in [1.165, 1.54) is 11.3 Å². The number of anilines is 1. The molecule has 0 bridgehead atoms. The Bertz CT molecular complexity index is 904. The summed E-state index contributed by atoms with van der Waals surface area (Å²) in [5.41, 5.74) is 4.12. The summed E-state index contributed by atoms with van der Waals surface area (Å²) >= 11 is 0. The predicted octanol–water partition coefficient (Wildman–Crippen LogP) is 3.56. The van der Waals surface area contributed by atoms with Crippen LogP contribution in [0.5, 0.6) is 0 Å². The Hall–Kier alpha value is -3.08. The fraction of sp³-hybridized carbons (Fsp3) is 0.238. The van der Waals surface area contributed by atoms with Gasteiger partial charge in [-0.2, -0.15) is 0 Å². The van der Waals surface area contributed by atoms with E-state index in [2.05, 4.69) is 40.3 Å². The number of carbonyl (C=O) groups excluding carboxylic acids is 1. The number of aromatic nitrogens is 1. The van der Waals surface area contributed by atoms with Gasteiger partial charge in [-0.15, -0.1) is 0 Å². The van der Waals surface area contributed by atoms with Crippen LogP contribution in [0, 0.1) is 0 Å². The third kappa shape index (κ3) is 3.20. The first-order valence-electron chi connectivity index (χ1n) is 8.80. The van der Waals surface area contributed by atoms with E-state index < -0.39 is 0 Å². The number of fused-ring (bicyclic) bond motifs is 1. The molecule has 3 aromatic rings. The van der Waals surface area contributed by atoms with Crippen molar-refractivity contribution in [3.63, 3.8) is 0 Å². The molecule has 5 nitrogen and oxygen atoms in total. The van der Waals surface area contributed by atoms with Crippen molar-refractivity contribution in [1.82, 2.24) is 10.3 Å². The van der Waals surface area contributed by atoms with E-state index in [4.69, 9.17) is 4.42 Å². The van der Waals surface area contributed by atoms with Gasteiger partial charge in [-0.3, -0.25) is 9.78 Å². The van der Waals surface area contributed by atoms with Crippen molar-refractivity contribution < 1.29 is 9.21 Å². The molecular weight excluding hydrogens is 326 g/mol. The largest absolute Gasteiger partial charge is 0.467 e. The van der Waals surface area contributed by atoms with Crippen molar-refractivity contribution in [1.29, 1.82) is 0 Å². The summed E-state index contributed by atoms with van der Waals surface area (Å²) in [6.45, 7) is 3.23. The van der Waals surface area contributed by atoms with Crippen molar-refractivity contribution in [3.8, 4) is 0 Å². The summed E-state index contributed by atoms with van der Waals surface area (Å²) < 4.78 is 5.65. The van der Waals surface area contributed by atoms with Crippen molar-refractivity contribution in [3.05, 3.63) is 83.6 Å². The molecule has 2 aromatic heterocycles. The summed E-state index contributed by atoms with van der Waals surface area (Å²) in [5.74, 6) is 0.565. The lowest BCUT2D eigenvalue weighted by atomic mass is 10.1. The molecule has 1 amide bonds. The second kappa shape index (κ2) is 7.04. The highest BCUT2D eigenvalue weighted by molar-refractivity contribution is 5.95. The summed E-state index contributed by atoms with van der Waals surface area (Å²) in [6, 6.07) is 14.3. The molecule has 1 atom stereocenters. The molecular formula is C21H21N3O2. The number of amides is 1. The Morgan fingerprint density at radius 3 is 3.00 bits per heavy atom. The number of pyridine rings is 1. The van der Waals surface area contributed by atoms with Crippen molar-refractivity contribution in [2.75, 3.05) is 4.90 Å². The van der Waals surface area contributed by atoms with Crippen LogP contribution in [0.1, 0.15) is 34.2 Å². The quantitative estimate of drug-likeness (QED) is 0.767. The van der Waals surface area contributed by atoms with Crippen LogP contribution >= 0.6 is 0 Å². The number of furan rings is 1. The van der Waals surface area contributed by atoms with E-state index in [-0.39, 0.29) is 5.91 Å². The average Bonchev–Trinajstić information content (AvgIpc) is 3.26. The van der Waals surface area contributed by atoms with Gasteiger partial charge >= 0.3 is 0 Å². The molecule has 1 aromatic carbocycles. The topological polar surface area (TPSA) is 58.4 Å². The Morgan fingerprint density at radius 1 is 1.27 bits per heavy atom. The van der Waals surface area contributed by atoms with Crippen molar-refractivity contribution in [2.24, 2.45) is 0 Å². The second-order valence-electron chi connectivity index (χ2n) is 6.61. The maximum atomic E-state index is 12.6. The predicted molar refractivity (Wildman–Crippen MR) is 99.9 cm³/mol. The third-order valence-corrected chi connectivity index (χ3v) is 4.83. The SMILES string of the molecule is C[C@H]1Cc2ccccc2N1Cc1occc1C(=O)NCc1cccnc1. The first-order chi connectivity index (χ1) is 12.7. The zero-order valence-electron chi connectivity index (χ0n) is 14.7. The zero-order chi connectivity index (χ0) is 17.9. The van der Waals surface area contributed by atoms with Crippen LogP contribution in [0.25, 0.3) is 0 Å². The van der Waals surface area contributed by atoms with Gasteiger partial charge in [0.05, 0.1) is 18.4 Å². The summed E-state index contributed by atoms with van der Waals surface area (Å²) in [4.78, 5) is 19.0. The van der Waals surface area contributed by atoms with Gasteiger partial charge in [0.2, 0.25) is 0 Å². The summed E-state index contributed by atoms with van der Waals surface area (Å²) in [5, 5.41) is 2.94. The van der Waals surface area contributed by atoms with Crippen LogP contribution in [0.15, 0.2) is 65.5 Å². The molecule has 0 unspecified atom stereocenters. The van der Waals surface area contributed by atoms with E-state index in [1.807, 2.05) is 18.2 Å². The van der Waals surface area contributed by atoms with Gasteiger partial charge in [0.15, 0.2) is 0 Å². The summed E-state index contributed by atoms with van der Waals surface area (Å²) in [6.07, 6.45) is 6.06. The molecule has 132 valence electrons. The fourth-order valence-corrected chi connectivity index (χ4v) is 3.47. The van der Waals surface area contributed by atoms with E-state index >= 15 is 0 Å². The first-order valence-corrected chi connectivity index (χ1v) is 8.80. The van der Waals surface area contributed by atoms with Gasteiger partial charge in [-0.25, -0.2) is 0 Å². The Kier molecular flexibility index (Phi) is 4.44. The molecule has 1 N–H and O–H groups in total. The van der Waals surface area contributed by atoms with Crippen molar-refractivity contribution >= 4 is 11.6 Å². The maximum Gasteiger partial charge on any atom is 0.255 e. The minimum atomic E-state index is -0.127. The van der Waals surface area contributed by atoms with Crippen LogP contribution in [0.3, 0.4) is 0 Å². The lowest BCUT2D eigenvalue weighted by Gasteiger charge is -2.24. The molecule has 0 radical (unpaired) electrons. The van der Waals surface area contributed by atoms with Crippen molar-refractivity contribution in [2.45, 2.75) is 32.5 Å². The highest BCUT2D eigenvalue weighted by Crippen LogP contribution is 2.33. The molecule has 26 heavy (non-hydrogen) atoms. The number of benzene rings is 1. The molecule has 0 saturated heterocycles. The number of nitrogens with one attached hydrogen (secondary N) is 1. The van der Waals surface area contributed by atoms with Gasteiger partial charge in [-0.05, 0) is 42.7 Å². The zero-order valence-corrected chi connectivity index (χ0v) is 14.7. The number of carbonyl (C=O) groups is 1. The molecule has 0 aliphatic carbocycles. The Labute approximate surface area is 152 Å². The van der Waals surface area contributed by atoms with E-state index in [0.717, 1.165) is 12.0 Å². The Balaban J connectivity index is 1.48. The molecule has 1 aliphatic rings. The lowest BCUT2D eigenvalue weighted by Crippen LogP contribution is -2.30. The Morgan fingerprint density at radius 2 is 2.15 bits per heavy atom. The molecule has 0 spiro atoms. The number of hydrogen-bond acceptors (Lipinski definition) is 4. The van der Waals surface area contributed by atoms with E-state index in [0.29, 0.717) is 30.5 Å². The smallest absolute Gasteiger partial charge is 0.255 e. The number of para-hydroxylation sites is 1. The van der Waals surface area contributed by atoms with E-state index in [9.17, 15) is 4.79 Å². The molecule has 5 heteroatoms. The standard InChI is InChI=1S/C21H21N3O2/c1-15-11-17-6-2-3-7-19(17)24(15)14-20-18(8-10-26-20)21(25)23-13-16-5-4-9-22-12-16/h2-10,12,15H,11,13-14H2,1H3,(H,23,25)/t15-/m0/s1. The lowest BCUT2D eigenvalue weighted by molar-refractivity contribution is 0.0949. The highest BCUT2D eigenvalue weighted by atomic mass is 16.3. The minimum absolute atomic E-state index is 0.127. The number of nitrogens with zero attached hydrogens (tertiary/aromatic N) is 2. The monoisotopic (exact) mass is 347 g/mol. The van der Waals surface area contributed by atoms with E-state index in [1.54, 1.807) is 24.7 Å². The highest BCUT2D eigenvalue weighted by Gasteiger charge is 2.27. The van der Waals surface area contributed by atoms with Crippen LogP contribution in [0.2, 0.25) is 0 Å².